The highest BCUT2D eigenvalue weighted by Crippen LogP contribution is 2.24. The van der Waals surface area contributed by atoms with Gasteiger partial charge in [0.1, 0.15) is 11.4 Å². The summed E-state index contributed by atoms with van der Waals surface area (Å²) in [7, 11) is 3.60. The number of aromatic nitrogens is 3. The molecule has 0 aliphatic carbocycles. The first-order chi connectivity index (χ1) is 11.1. The second-order valence-corrected chi connectivity index (χ2v) is 5.43. The first-order valence-electron chi connectivity index (χ1n) is 7.37. The molecule has 23 heavy (non-hydrogen) atoms. The van der Waals surface area contributed by atoms with Gasteiger partial charge in [-0.3, -0.25) is 0 Å². The normalized spacial score (nSPS) is 15.7. The van der Waals surface area contributed by atoms with Crippen LogP contribution >= 0.6 is 0 Å². The van der Waals surface area contributed by atoms with Gasteiger partial charge in [0.15, 0.2) is 5.82 Å². The summed E-state index contributed by atoms with van der Waals surface area (Å²) in [6.07, 6.45) is 0. The van der Waals surface area contributed by atoms with Gasteiger partial charge in [-0.05, 0) is 19.2 Å². The third-order valence-corrected chi connectivity index (χ3v) is 3.90. The van der Waals surface area contributed by atoms with Crippen LogP contribution < -0.4 is 9.64 Å². The second-order valence-electron chi connectivity index (χ2n) is 5.43. The number of nitrogens with zero attached hydrogens (tertiary/aromatic N) is 5. The lowest BCUT2D eigenvalue weighted by Gasteiger charge is -2.32. The first kappa shape index (κ1) is 15.3. The van der Waals surface area contributed by atoms with E-state index in [0.29, 0.717) is 17.3 Å². The van der Waals surface area contributed by atoms with Crippen molar-refractivity contribution in [1.29, 1.82) is 0 Å². The second kappa shape index (κ2) is 6.25. The van der Waals surface area contributed by atoms with Crippen molar-refractivity contribution in [3.05, 3.63) is 30.0 Å². The fraction of sp³-hybridized carbons (Fsp3) is 0.400. The topological polar surface area (TPSA) is 83.7 Å². The van der Waals surface area contributed by atoms with Gasteiger partial charge in [0.25, 0.3) is 0 Å². The Kier molecular flexibility index (Phi) is 4.16. The molecule has 1 aliphatic heterocycles. The maximum atomic E-state index is 11.5. The van der Waals surface area contributed by atoms with E-state index >= 15 is 0 Å². The van der Waals surface area contributed by atoms with Crippen molar-refractivity contribution in [2.75, 3.05) is 45.2 Å². The van der Waals surface area contributed by atoms with E-state index in [1.165, 1.54) is 4.80 Å². The number of hydrogen-bond acceptors (Lipinski definition) is 6. The molecule has 0 unspecified atom stereocenters. The summed E-state index contributed by atoms with van der Waals surface area (Å²) >= 11 is 0. The van der Waals surface area contributed by atoms with Crippen LogP contribution in [0, 0.1) is 0 Å². The SMILES string of the molecule is COc1ccccc1-n1nc(C(=O)O)c(N2CCN(C)CC2)n1. The fourth-order valence-corrected chi connectivity index (χ4v) is 2.57. The summed E-state index contributed by atoms with van der Waals surface area (Å²) < 4.78 is 5.30. The van der Waals surface area contributed by atoms with E-state index in [9.17, 15) is 9.90 Å². The van der Waals surface area contributed by atoms with Gasteiger partial charge in [-0.2, -0.15) is 0 Å². The summed E-state index contributed by atoms with van der Waals surface area (Å²) in [5, 5.41) is 18.0. The van der Waals surface area contributed by atoms with Crippen molar-refractivity contribution < 1.29 is 14.6 Å². The van der Waals surface area contributed by atoms with E-state index in [4.69, 9.17) is 4.74 Å². The summed E-state index contributed by atoms with van der Waals surface area (Å²) in [5.41, 5.74) is 0.568. The van der Waals surface area contributed by atoms with Crippen LogP contribution in [0.15, 0.2) is 24.3 Å². The molecule has 0 atom stereocenters. The van der Waals surface area contributed by atoms with Crippen molar-refractivity contribution in [2.45, 2.75) is 0 Å². The number of piperazine rings is 1. The standard InChI is InChI=1S/C15H19N5O3/c1-18-7-9-19(10-8-18)14-13(15(21)22)16-20(17-14)11-5-3-4-6-12(11)23-2/h3-6H,7-10H2,1-2H3,(H,21,22). The summed E-state index contributed by atoms with van der Waals surface area (Å²) in [4.78, 5) is 17.0. The Balaban J connectivity index is 2.00. The highest BCUT2D eigenvalue weighted by molar-refractivity contribution is 5.91. The van der Waals surface area contributed by atoms with Crippen LogP contribution in [-0.4, -0.2) is 71.3 Å². The molecule has 1 saturated heterocycles. The van der Waals surface area contributed by atoms with Crippen molar-refractivity contribution in [1.82, 2.24) is 19.9 Å². The fourth-order valence-electron chi connectivity index (χ4n) is 2.57. The molecule has 2 heterocycles. The van der Waals surface area contributed by atoms with Crippen LogP contribution in [0.3, 0.4) is 0 Å². The van der Waals surface area contributed by atoms with E-state index in [2.05, 4.69) is 15.1 Å². The number of carboxylic acid groups (broad SMARTS) is 1. The van der Waals surface area contributed by atoms with E-state index in [-0.39, 0.29) is 5.69 Å². The number of carbonyl (C=O) groups is 1. The van der Waals surface area contributed by atoms with Gasteiger partial charge in [0.05, 0.1) is 7.11 Å². The zero-order valence-corrected chi connectivity index (χ0v) is 13.1. The number of ether oxygens (including phenoxy) is 1. The molecule has 1 aromatic carbocycles. The number of aromatic carboxylic acids is 1. The number of anilines is 1. The number of benzene rings is 1. The molecule has 1 aromatic heterocycles. The van der Waals surface area contributed by atoms with Crippen molar-refractivity contribution in [3.8, 4) is 11.4 Å². The number of carboxylic acids is 1. The average molecular weight is 317 g/mol. The molecule has 1 fully saturated rings. The van der Waals surface area contributed by atoms with Gasteiger partial charge in [-0.15, -0.1) is 15.0 Å². The summed E-state index contributed by atoms with van der Waals surface area (Å²) in [6, 6.07) is 7.25. The molecule has 0 bridgehead atoms. The van der Waals surface area contributed by atoms with Crippen molar-refractivity contribution in [2.24, 2.45) is 0 Å². The number of methoxy groups -OCH3 is 1. The van der Waals surface area contributed by atoms with Gasteiger partial charge in [-0.25, -0.2) is 4.79 Å². The minimum Gasteiger partial charge on any atom is -0.494 e. The Hall–Kier alpha value is -2.61. The van der Waals surface area contributed by atoms with E-state index in [1.54, 1.807) is 19.2 Å². The van der Waals surface area contributed by atoms with Crippen LogP contribution in [-0.2, 0) is 0 Å². The van der Waals surface area contributed by atoms with Crippen molar-refractivity contribution in [3.63, 3.8) is 0 Å². The molecule has 0 amide bonds. The Bertz CT molecular complexity index is 707. The minimum atomic E-state index is -1.08. The van der Waals surface area contributed by atoms with Crippen molar-refractivity contribution >= 4 is 11.8 Å². The van der Waals surface area contributed by atoms with Crippen LogP contribution in [0.1, 0.15) is 10.5 Å². The molecule has 1 N–H and O–H groups in total. The molecule has 0 saturated carbocycles. The maximum absolute atomic E-state index is 11.5. The van der Waals surface area contributed by atoms with E-state index < -0.39 is 5.97 Å². The molecule has 0 spiro atoms. The monoisotopic (exact) mass is 317 g/mol. The third kappa shape index (κ3) is 2.98. The smallest absolute Gasteiger partial charge is 0.360 e. The number of hydrogen-bond donors (Lipinski definition) is 1. The zero-order valence-electron chi connectivity index (χ0n) is 13.1. The molecule has 3 rings (SSSR count). The molecular formula is C15H19N5O3. The van der Waals surface area contributed by atoms with Gasteiger partial charge in [-0.1, -0.05) is 12.1 Å². The van der Waals surface area contributed by atoms with Crippen LogP contribution in [0.4, 0.5) is 5.82 Å². The van der Waals surface area contributed by atoms with Gasteiger partial charge in [0.2, 0.25) is 5.69 Å². The Morgan fingerprint density at radius 3 is 2.52 bits per heavy atom. The largest absolute Gasteiger partial charge is 0.494 e. The van der Waals surface area contributed by atoms with Gasteiger partial charge in [0, 0.05) is 26.2 Å². The Morgan fingerprint density at radius 1 is 1.17 bits per heavy atom. The number of rotatable bonds is 4. The van der Waals surface area contributed by atoms with E-state index in [1.807, 2.05) is 24.1 Å². The van der Waals surface area contributed by atoms with Gasteiger partial charge >= 0.3 is 5.97 Å². The zero-order chi connectivity index (χ0) is 16.4. The lowest BCUT2D eigenvalue weighted by molar-refractivity contribution is 0.0690. The maximum Gasteiger partial charge on any atom is 0.360 e. The number of para-hydroxylation sites is 2. The molecule has 8 heteroatoms. The molecule has 1 aliphatic rings. The predicted octanol–water partition coefficient (Wildman–Crippen LogP) is 0.726. The van der Waals surface area contributed by atoms with Gasteiger partial charge < -0.3 is 19.6 Å². The molecule has 8 nitrogen and oxygen atoms in total. The predicted molar refractivity (Wildman–Crippen MR) is 84.6 cm³/mol. The molecule has 122 valence electrons. The molecule has 0 radical (unpaired) electrons. The third-order valence-electron chi connectivity index (χ3n) is 3.90. The first-order valence-corrected chi connectivity index (χ1v) is 7.37. The highest BCUT2D eigenvalue weighted by Gasteiger charge is 2.26. The highest BCUT2D eigenvalue weighted by atomic mass is 16.5. The van der Waals surface area contributed by atoms with Crippen LogP contribution in [0.5, 0.6) is 5.75 Å². The Morgan fingerprint density at radius 2 is 1.87 bits per heavy atom. The summed E-state index contributed by atoms with van der Waals surface area (Å²) in [6.45, 7) is 3.17. The molecule has 2 aromatic rings. The lowest BCUT2D eigenvalue weighted by atomic mass is 10.3. The quantitative estimate of drug-likeness (QED) is 0.889. The molecular weight excluding hydrogens is 298 g/mol. The minimum absolute atomic E-state index is 0.0412. The lowest BCUT2D eigenvalue weighted by Crippen LogP contribution is -2.45. The Labute approximate surface area is 133 Å². The average Bonchev–Trinajstić information content (AvgIpc) is 3.01. The summed E-state index contributed by atoms with van der Waals surface area (Å²) in [5.74, 6) is -0.0963. The number of likely N-dealkylation sites (N-methyl/N-ethyl adjacent to an activating group) is 1. The van der Waals surface area contributed by atoms with Crippen LogP contribution in [0.25, 0.3) is 5.69 Å². The van der Waals surface area contributed by atoms with E-state index in [0.717, 1.165) is 26.2 Å². The van der Waals surface area contributed by atoms with Crippen LogP contribution in [0.2, 0.25) is 0 Å².